The van der Waals surface area contributed by atoms with E-state index in [9.17, 15) is 0 Å². The topological polar surface area (TPSA) is 24.4 Å². The first-order valence-electron chi connectivity index (χ1n) is 2.55. The Labute approximate surface area is 63.6 Å². The number of nitrogens with one attached hydrogen (secondary N) is 1. The second kappa shape index (κ2) is 2.58. The molecule has 0 amide bonds. The third-order valence-electron chi connectivity index (χ3n) is 0.910. The molecule has 1 rings (SSSR count). The third-order valence-corrected chi connectivity index (χ3v) is 1.33. The number of rotatable bonds is 0. The van der Waals surface area contributed by atoms with Crippen molar-refractivity contribution in [3.8, 4) is 0 Å². The van der Waals surface area contributed by atoms with Crippen LogP contribution in [0.4, 0.5) is 0 Å². The van der Waals surface area contributed by atoms with E-state index in [1.54, 1.807) is 6.08 Å². The maximum absolute atomic E-state index is 5.59. The summed E-state index contributed by atoms with van der Waals surface area (Å²) in [5.74, 6) is 0. The molecule has 0 saturated heterocycles. The van der Waals surface area contributed by atoms with Gasteiger partial charge in [-0.3, -0.25) is 0 Å². The first kappa shape index (κ1) is 6.90. The molecule has 1 atom stereocenters. The molecule has 1 aliphatic heterocycles. The van der Waals surface area contributed by atoms with Crippen molar-refractivity contribution < 1.29 is 0 Å². The molecule has 9 heavy (non-hydrogen) atoms. The summed E-state index contributed by atoms with van der Waals surface area (Å²) in [5, 5.41) is 3.86. The van der Waals surface area contributed by atoms with E-state index in [1.165, 1.54) is 0 Å². The maximum Gasteiger partial charge on any atom is 0.129 e. The maximum atomic E-state index is 5.59. The van der Waals surface area contributed by atoms with Crippen LogP contribution < -0.4 is 5.32 Å². The number of halogens is 2. The minimum Gasteiger partial charge on any atom is -0.354 e. The SMILES string of the molecule is CC1N=C(Cl)C=C(Cl)N1. The van der Waals surface area contributed by atoms with Gasteiger partial charge >= 0.3 is 0 Å². The van der Waals surface area contributed by atoms with Gasteiger partial charge < -0.3 is 5.32 Å². The van der Waals surface area contributed by atoms with Crippen molar-refractivity contribution in [2.75, 3.05) is 0 Å². The van der Waals surface area contributed by atoms with Crippen LogP contribution in [0.5, 0.6) is 0 Å². The molecule has 0 bridgehead atoms. The smallest absolute Gasteiger partial charge is 0.129 e. The number of aliphatic imine (C=N–C) groups is 1. The molecule has 1 aliphatic rings. The van der Waals surface area contributed by atoms with E-state index in [0.29, 0.717) is 10.3 Å². The van der Waals surface area contributed by atoms with E-state index in [-0.39, 0.29) is 6.17 Å². The highest BCUT2D eigenvalue weighted by Gasteiger charge is 2.06. The summed E-state index contributed by atoms with van der Waals surface area (Å²) in [6.45, 7) is 1.87. The zero-order valence-electron chi connectivity index (χ0n) is 4.86. The summed E-state index contributed by atoms with van der Waals surface area (Å²) in [6.07, 6.45) is 1.57. The lowest BCUT2D eigenvalue weighted by atomic mass is 10.5. The highest BCUT2D eigenvalue weighted by atomic mass is 35.5. The average molecular weight is 165 g/mol. The molecule has 0 aromatic carbocycles. The normalized spacial score (nSPS) is 26.3. The summed E-state index contributed by atoms with van der Waals surface area (Å²) < 4.78 is 0. The summed E-state index contributed by atoms with van der Waals surface area (Å²) in [6, 6.07) is 0. The lowest BCUT2D eigenvalue weighted by Crippen LogP contribution is -2.25. The second-order valence-electron chi connectivity index (χ2n) is 1.76. The van der Waals surface area contributed by atoms with Gasteiger partial charge in [-0.25, -0.2) is 4.99 Å². The van der Waals surface area contributed by atoms with E-state index in [0.717, 1.165) is 0 Å². The highest BCUT2D eigenvalue weighted by molar-refractivity contribution is 6.69. The van der Waals surface area contributed by atoms with Gasteiger partial charge in [0.15, 0.2) is 0 Å². The van der Waals surface area contributed by atoms with Gasteiger partial charge in [0.2, 0.25) is 0 Å². The molecule has 0 radical (unpaired) electrons. The Morgan fingerprint density at radius 2 is 2.33 bits per heavy atom. The monoisotopic (exact) mass is 164 g/mol. The summed E-state index contributed by atoms with van der Waals surface area (Å²) >= 11 is 11.1. The molecular formula is C5H6Cl2N2. The second-order valence-corrected chi connectivity index (χ2v) is 2.56. The van der Waals surface area contributed by atoms with Gasteiger partial charge in [0.1, 0.15) is 16.5 Å². The minimum absolute atomic E-state index is 0.00463. The Bertz CT molecular complexity index is 174. The molecule has 0 aromatic heterocycles. The Balaban J connectivity index is 2.74. The summed E-state index contributed by atoms with van der Waals surface area (Å²) in [7, 11) is 0. The van der Waals surface area contributed by atoms with Gasteiger partial charge in [-0.05, 0) is 6.92 Å². The summed E-state index contributed by atoms with van der Waals surface area (Å²) in [4.78, 5) is 3.94. The van der Waals surface area contributed by atoms with Crippen molar-refractivity contribution in [3.63, 3.8) is 0 Å². The van der Waals surface area contributed by atoms with Crippen LogP contribution in [0.15, 0.2) is 16.2 Å². The van der Waals surface area contributed by atoms with E-state index >= 15 is 0 Å². The molecule has 0 saturated carbocycles. The standard InChI is InChI=1S/C5H6Cl2N2/c1-3-8-4(6)2-5(7)9-3/h2-3,8H,1H3. The molecule has 1 N–H and O–H groups in total. The fourth-order valence-corrected chi connectivity index (χ4v) is 1.17. The molecule has 2 nitrogen and oxygen atoms in total. The molecule has 1 heterocycles. The molecule has 0 aromatic rings. The van der Waals surface area contributed by atoms with Crippen LogP contribution in [0.3, 0.4) is 0 Å². The van der Waals surface area contributed by atoms with Crippen molar-refractivity contribution in [2.45, 2.75) is 13.1 Å². The lowest BCUT2D eigenvalue weighted by molar-refractivity contribution is 0.659. The van der Waals surface area contributed by atoms with E-state index in [2.05, 4.69) is 10.3 Å². The molecular weight excluding hydrogens is 159 g/mol. The van der Waals surface area contributed by atoms with Crippen LogP contribution >= 0.6 is 23.2 Å². The van der Waals surface area contributed by atoms with Gasteiger partial charge in [-0.15, -0.1) is 0 Å². The highest BCUT2D eigenvalue weighted by Crippen LogP contribution is 2.07. The number of allylic oxidation sites excluding steroid dienone is 1. The lowest BCUT2D eigenvalue weighted by Gasteiger charge is -2.13. The van der Waals surface area contributed by atoms with Crippen LogP contribution in [0.25, 0.3) is 0 Å². The van der Waals surface area contributed by atoms with Crippen molar-refractivity contribution in [1.82, 2.24) is 5.32 Å². The van der Waals surface area contributed by atoms with E-state index in [1.807, 2.05) is 6.92 Å². The number of nitrogens with zero attached hydrogens (tertiary/aromatic N) is 1. The Morgan fingerprint density at radius 3 is 2.78 bits per heavy atom. The molecule has 0 aliphatic carbocycles. The predicted molar refractivity (Wildman–Crippen MR) is 39.8 cm³/mol. The van der Waals surface area contributed by atoms with Crippen molar-refractivity contribution in [2.24, 2.45) is 4.99 Å². The Hall–Kier alpha value is -0.210. The van der Waals surface area contributed by atoms with E-state index < -0.39 is 0 Å². The van der Waals surface area contributed by atoms with Gasteiger partial charge in [0, 0.05) is 6.08 Å². The van der Waals surface area contributed by atoms with Gasteiger partial charge in [-0.1, -0.05) is 23.2 Å². The minimum atomic E-state index is -0.00463. The zero-order valence-corrected chi connectivity index (χ0v) is 6.37. The Morgan fingerprint density at radius 1 is 1.67 bits per heavy atom. The zero-order chi connectivity index (χ0) is 6.85. The Kier molecular flexibility index (Phi) is 1.98. The first-order valence-corrected chi connectivity index (χ1v) is 3.31. The van der Waals surface area contributed by atoms with Crippen LogP contribution in [0.2, 0.25) is 0 Å². The molecule has 50 valence electrons. The quantitative estimate of drug-likeness (QED) is 0.542. The van der Waals surface area contributed by atoms with Gasteiger partial charge in [0.25, 0.3) is 0 Å². The molecule has 4 heteroatoms. The average Bonchev–Trinajstić information content (AvgIpc) is 1.59. The number of hydrogen-bond acceptors (Lipinski definition) is 2. The summed E-state index contributed by atoms with van der Waals surface area (Å²) in [5.41, 5.74) is 0. The van der Waals surface area contributed by atoms with Crippen molar-refractivity contribution in [1.29, 1.82) is 0 Å². The van der Waals surface area contributed by atoms with Crippen molar-refractivity contribution in [3.05, 3.63) is 11.2 Å². The molecule has 0 spiro atoms. The van der Waals surface area contributed by atoms with Crippen molar-refractivity contribution >= 4 is 28.4 Å². The molecule has 1 unspecified atom stereocenters. The fraction of sp³-hybridized carbons (Fsp3) is 0.400. The van der Waals surface area contributed by atoms with E-state index in [4.69, 9.17) is 23.2 Å². The van der Waals surface area contributed by atoms with Gasteiger partial charge in [0.05, 0.1) is 0 Å². The molecule has 0 fully saturated rings. The fourth-order valence-electron chi connectivity index (χ4n) is 0.600. The predicted octanol–water partition coefficient (Wildman–Crippen LogP) is 1.65. The first-order chi connectivity index (χ1) is 4.18. The largest absolute Gasteiger partial charge is 0.354 e. The van der Waals surface area contributed by atoms with Crippen LogP contribution in [-0.4, -0.2) is 11.3 Å². The van der Waals surface area contributed by atoms with Crippen LogP contribution in [0.1, 0.15) is 6.92 Å². The number of hydrogen-bond donors (Lipinski definition) is 1. The van der Waals surface area contributed by atoms with Crippen LogP contribution in [-0.2, 0) is 0 Å². The third kappa shape index (κ3) is 1.88. The van der Waals surface area contributed by atoms with Crippen LogP contribution in [0, 0.1) is 0 Å². The van der Waals surface area contributed by atoms with Gasteiger partial charge in [-0.2, -0.15) is 0 Å².